The van der Waals surface area contributed by atoms with Gasteiger partial charge < -0.3 is 9.47 Å². The quantitative estimate of drug-likeness (QED) is 0.210. The van der Waals surface area contributed by atoms with E-state index >= 15 is 0 Å². The minimum absolute atomic E-state index is 0.149. The molecule has 0 saturated heterocycles. The molecule has 178 valence electrons. The number of sulfonamides is 1. The molecule has 0 saturated carbocycles. The standard InChI is InChI=1S/C20H17Cl2N5O5S2/c1-11-24-19(26-20(25-11)32-3)27(18(23)33-12-8-9-14(21)15(22)10-12)34(29,30)16-7-5-4-6-13(16)17(28)31-2/h4-10,23H,1-3H3. The third kappa shape index (κ3) is 5.41. The van der Waals surface area contributed by atoms with Crippen molar-refractivity contribution in [2.75, 3.05) is 18.5 Å². The van der Waals surface area contributed by atoms with Crippen LogP contribution in [0.3, 0.4) is 0 Å². The first kappa shape index (κ1) is 25.7. The van der Waals surface area contributed by atoms with Crippen molar-refractivity contribution < 1.29 is 22.7 Å². The molecule has 34 heavy (non-hydrogen) atoms. The van der Waals surface area contributed by atoms with Crippen LogP contribution >= 0.6 is 35.0 Å². The Balaban J connectivity index is 2.19. The van der Waals surface area contributed by atoms with Crippen LogP contribution in [-0.4, -0.2) is 48.7 Å². The number of aryl methyl sites for hydroxylation is 1. The Morgan fingerprint density at radius 3 is 2.41 bits per heavy atom. The maximum Gasteiger partial charge on any atom is 0.339 e. The summed E-state index contributed by atoms with van der Waals surface area (Å²) in [4.78, 5) is 24.4. The summed E-state index contributed by atoms with van der Waals surface area (Å²) in [7, 11) is -2.16. The molecule has 0 aliphatic carbocycles. The van der Waals surface area contributed by atoms with E-state index in [-0.39, 0.29) is 22.4 Å². The molecule has 0 spiro atoms. The first-order valence-electron chi connectivity index (χ1n) is 9.29. The molecular weight excluding hydrogens is 525 g/mol. The van der Waals surface area contributed by atoms with Gasteiger partial charge in [0.15, 0.2) is 5.17 Å². The van der Waals surface area contributed by atoms with Gasteiger partial charge in [0.05, 0.1) is 29.8 Å². The number of carbonyl (C=O) groups is 1. The molecular formula is C20H17Cl2N5O5S2. The average molecular weight is 542 g/mol. The van der Waals surface area contributed by atoms with Gasteiger partial charge in [0.25, 0.3) is 16.0 Å². The van der Waals surface area contributed by atoms with Gasteiger partial charge in [-0.1, -0.05) is 47.1 Å². The second-order valence-corrected chi connectivity index (χ2v) is 10.0. The maximum atomic E-state index is 13.8. The Morgan fingerprint density at radius 2 is 1.76 bits per heavy atom. The summed E-state index contributed by atoms with van der Waals surface area (Å²) in [6.45, 7) is 1.51. The lowest BCUT2D eigenvalue weighted by Crippen LogP contribution is -2.37. The van der Waals surface area contributed by atoms with Crippen molar-refractivity contribution in [1.29, 1.82) is 5.41 Å². The molecule has 0 aliphatic heterocycles. The molecule has 0 unspecified atom stereocenters. The second kappa shape index (κ2) is 10.6. The summed E-state index contributed by atoms with van der Waals surface area (Å²) < 4.78 is 38.0. The van der Waals surface area contributed by atoms with E-state index in [1.54, 1.807) is 6.07 Å². The summed E-state index contributed by atoms with van der Waals surface area (Å²) >= 11 is 12.8. The number of thioether (sulfide) groups is 1. The lowest BCUT2D eigenvalue weighted by Gasteiger charge is -2.23. The van der Waals surface area contributed by atoms with Crippen molar-refractivity contribution in [1.82, 2.24) is 15.0 Å². The summed E-state index contributed by atoms with van der Waals surface area (Å²) in [5.74, 6) is -1.12. The zero-order valence-electron chi connectivity index (χ0n) is 17.9. The fourth-order valence-corrected chi connectivity index (χ4v) is 5.56. The van der Waals surface area contributed by atoms with E-state index in [1.807, 2.05) is 0 Å². The Kier molecular flexibility index (Phi) is 7.97. The van der Waals surface area contributed by atoms with Crippen LogP contribution in [0.2, 0.25) is 10.0 Å². The highest BCUT2D eigenvalue weighted by Crippen LogP contribution is 2.33. The van der Waals surface area contributed by atoms with Crippen LogP contribution in [0, 0.1) is 12.3 Å². The van der Waals surface area contributed by atoms with Crippen LogP contribution < -0.4 is 9.04 Å². The van der Waals surface area contributed by atoms with Crippen LogP contribution in [0.5, 0.6) is 6.01 Å². The number of nitrogens with one attached hydrogen (secondary N) is 1. The van der Waals surface area contributed by atoms with Gasteiger partial charge in [-0.15, -0.1) is 0 Å². The average Bonchev–Trinajstić information content (AvgIpc) is 2.80. The predicted molar refractivity (Wildman–Crippen MR) is 129 cm³/mol. The molecule has 14 heteroatoms. The number of benzene rings is 2. The first-order valence-corrected chi connectivity index (χ1v) is 12.3. The first-order chi connectivity index (χ1) is 16.1. The van der Waals surface area contributed by atoms with Crippen LogP contribution in [0.4, 0.5) is 5.95 Å². The molecule has 3 aromatic rings. The number of hydrogen-bond donors (Lipinski definition) is 1. The molecule has 1 heterocycles. The Bertz CT molecular complexity index is 1370. The van der Waals surface area contributed by atoms with Gasteiger partial charge in [-0.2, -0.15) is 19.3 Å². The van der Waals surface area contributed by atoms with Crippen LogP contribution in [0.1, 0.15) is 16.2 Å². The van der Waals surface area contributed by atoms with Crippen molar-refractivity contribution in [2.45, 2.75) is 16.7 Å². The van der Waals surface area contributed by atoms with E-state index in [2.05, 4.69) is 15.0 Å². The number of amidine groups is 1. The van der Waals surface area contributed by atoms with E-state index in [9.17, 15) is 13.2 Å². The van der Waals surface area contributed by atoms with Crippen molar-refractivity contribution >= 4 is 62.1 Å². The SMILES string of the molecule is COC(=O)c1ccccc1S(=O)(=O)N(C(=N)Sc1ccc(Cl)c(Cl)c1)c1nc(C)nc(OC)n1. The van der Waals surface area contributed by atoms with Crippen molar-refractivity contribution in [3.8, 4) is 6.01 Å². The number of hydrogen-bond acceptors (Lipinski definition) is 10. The number of rotatable bonds is 6. The Labute approximate surface area is 209 Å². The number of esters is 1. The number of ether oxygens (including phenoxy) is 2. The Morgan fingerprint density at radius 1 is 1.06 bits per heavy atom. The number of carbonyl (C=O) groups excluding carboxylic acids is 1. The monoisotopic (exact) mass is 541 g/mol. The maximum absolute atomic E-state index is 13.8. The fourth-order valence-electron chi connectivity index (χ4n) is 2.70. The van der Waals surface area contributed by atoms with Gasteiger partial charge >= 0.3 is 12.0 Å². The molecule has 0 aliphatic rings. The number of methoxy groups -OCH3 is 2. The van der Waals surface area contributed by atoms with Gasteiger partial charge in [-0.3, -0.25) is 5.41 Å². The largest absolute Gasteiger partial charge is 0.467 e. The van der Waals surface area contributed by atoms with E-state index in [4.69, 9.17) is 38.1 Å². The van der Waals surface area contributed by atoms with Gasteiger partial charge in [0.2, 0.25) is 0 Å². The predicted octanol–water partition coefficient (Wildman–Crippen LogP) is 4.20. The second-order valence-electron chi connectivity index (χ2n) is 6.41. The molecule has 0 atom stereocenters. The number of aromatic nitrogens is 3. The summed E-state index contributed by atoms with van der Waals surface area (Å²) in [6.07, 6.45) is 0. The topological polar surface area (TPSA) is 135 Å². The fraction of sp³-hybridized carbons (Fsp3) is 0.150. The van der Waals surface area contributed by atoms with Gasteiger partial charge in [-0.05, 0) is 37.3 Å². The van der Waals surface area contributed by atoms with E-state index < -0.39 is 32.0 Å². The summed E-state index contributed by atoms with van der Waals surface area (Å²) in [6, 6.07) is 9.85. The minimum atomic E-state index is -4.60. The van der Waals surface area contributed by atoms with Crippen LogP contribution in [-0.2, 0) is 14.8 Å². The molecule has 0 bridgehead atoms. The number of nitrogens with zero attached hydrogens (tertiary/aromatic N) is 4. The lowest BCUT2D eigenvalue weighted by molar-refractivity contribution is 0.0596. The molecule has 10 nitrogen and oxygen atoms in total. The van der Waals surface area contributed by atoms with Crippen LogP contribution in [0.25, 0.3) is 0 Å². The van der Waals surface area contributed by atoms with Crippen molar-refractivity contribution in [3.63, 3.8) is 0 Å². The Hall–Kier alpha value is -2.93. The highest BCUT2D eigenvalue weighted by atomic mass is 35.5. The van der Waals surface area contributed by atoms with Gasteiger partial charge in [0.1, 0.15) is 10.7 Å². The van der Waals surface area contributed by atoms with Crippen molar-refractivity contribution in [2.24, 2.45) is 0 Å². The van der Waals surface area contributed by atoms with E-state index in [0.29, 0.717) is 14.2 Å². The molecule has 0 amide bonds. The highest BCUT2D eigenvalue weighted by molar-refractivity contribution is 8.15. The van der Waals surface area contributed by atoms with Gasteiger partial charge in [-0.25, -0.2) is 13.2 Å². The highest BCUT2D eigenvalue weighted by Gasteiger charge is 2.35. The molecule has 2 aromatic carbocycles. The zero-order chi connectivity index (χ0) is 25.0. The van der Waals surface area contributed by atoms with Crippen LogP contribution in [0.15, 0.2) is 52.3 Å². The molecule has 3 rings (SSSR count). The number of halogens is 2. The van der Waals surface area contributed by atoms with Gasteiger partial charge in [0, 0.05) is 4.90 Å². The summed E-state index contributed by atoms with van der Waals surface area (Å²) in [5.41, 5.74) is -0.222. The number of anilines is 1. The smallest absolute Gasteiger partial charge is 0.339 e. The van der Waals surface area contributed by atoms with Crippen molar-refractivity contribution in [3.05, 3.63) is 63.9 Å². The normalized spacial score (nSPS) is 11.1. The zero-order valence-corrected chi connectivity index (χ0v) is 21.1. The molecule has 0 radical (unpaired) electrons. The lowest BCUT2D eigenvalue weighted by atomic mass is 10.2. The minimum Gasteiger partial charge on any atom is -0.467 e. The molecule has 0 fully saturated rings. The van der Waals surface area contributed by atoms with E-state index in [1.165, 1.54) is 50.4 Å². The third-order valence-electron chi connectivity index (χ3n) is 4.18. The van der Waals surface area contributed by atoms with E-state index in [0.717, 1.165) is 18.9 Å². The molecule has 1 aromatic heterocycles. The third-order valence-corrected chi connectivity index (χ3v) is 7.64. The summed E-state index contributed by atoms with van der Waals surface area (Å²) in [5, 5.41) is 8.66. The molecule has 1 N–H and O–H groups in total.